The molecule has 0 amide bonds. The van der Waals surface area contributed by atoms with E-state index in [1.54, 1.807) is 0 Å². The van der Waals surface area contributed by atoms with Crippen molar-refractivity contribution in [1.82, 2.24) is 0 Å². The first kappa shape index (κ1) is 10.0. The molecule has 1 saturated carbocycles. The lowest BCUT2D eigenvalue weighted by Gasteiger charge is -2.38. The summed E-state index contributed by atoms with van der Waals surface area (Å²) in [6.07, 6.45) is 2.39. The highest BCUT2D eigenvalue weighted by Gasteiger charge is 2.33. The van der Waals surface area contributed by atoms with Gasteiger partial charge in [0.2, 0.25) is 0 Å². The summed E-state index contributed by atoms with van der Waals surface area (Å²) in [6.45, 7) is 2.09. The molecule has 2 rings (SSSR count). The fraction of sp³-hybridized carbons (Fsp3) is 0.500. The van der Waals surface area contributed by atoms with Gasteiger partial charge in [0.1, 0.15) is 0 Å². The van der Waals surface area contributed by atoms with Crippen molar-refractivity contribution in [2.75, 3.05) is 0 Å². The molecule has 1 unspecified atom stereocenters. The first-order valence-corrected chi connectivity index (χ1v) is 5.56. The van der Waals surface area contributed by atoms with Gasteiger partial charge in [-0.3, -0.25) is 0 Å². The van der Waals surface area contributed by atoms with E-state index in [-0.39, 0.29) is 0 Å². The van der Waals surface area contributed by atoms with Crippen LogP contribution in [0.5, 0.6) is 0 Å². The molecule has 0 aliphatic heterocycles. The van der Waals surface area contributed by atoms with Gasteiger partial charge in [0.25, 0.3) is 0 Å². The summed E-state index contributed by atoms with van der Waals surface area (Å²) >= 11 is 6.13. The Morgan fingerprint density at radius 3 is 2.57 bits per heavy atom. The lowest BCUT2D eigenvalue weighted by molar-refractivity contribution is 0.229. The van der Waals surface area contributed by atoms with Crippen molar-refractivity contribution in [2.45, 2.75) is 31.7 Å². The summed E-state index contributed by atoms with van der Waals surface area (Å²) in [6, 6.07) is 8.46. The van der Waals surface area contributed by atoms with Crippen LogP contribution in [0.1, 0.15) is 31.2 Å². The fourth-order valence-electron chi connectivity index (χ4n) is 2.15. The van der Waals surface area contributed by atoms with Crippen LogP contribution >= 0.6 is 11.6 Å². The Balaban J connectivity index is 2.03. The highest BCUT2D eigenvalue weighted by atomic mass is 35.5. The van der Waals surface area contributed by atoms with Crippen molar-refractivity contribution in [2.24, 2.45) is 11.7 Å². The maximum Gasteiger partial charge on any atom is 0.0440 e. The Kier molecular flexibility index (Phi) is 2.80. The molecule has 1 aromatic rings. The van der Waals surface area contributed by atoms with Gasteiger partial charge in [-0.15, -0.1) is 0 Å². The second-order valence-electron chi connectivity index (χ2n) is 4.31. The van der Waals surface area contributed by atoms with Crippen LogP contribution in [0.2, 0.25) is 5.02 Å². The minimum absolute atomic E-state index is 0.328. The third kappa shape index (κ3) is 1.79. The number of nitrogens with two attached hydrogens (primary N) is 1. The lowest BCUT2D eigenvalue weighted by Crippen LogP contribution is -2.36. The van der Waals surface area contributed by atoms with Gasteiger partial charge in [-0.05, 0) is 43.2 Å². The molecule has 2 heteroatoms. The molecule has 0 aromatic heterocycles. The Bertz CT molecular complexity index is 316. The minimum atomic E-state index is 0.328. The minimum Gasteiger partial charge on any atom is -0.328 e. The Morgan fingerprint density at radius 2 is 2.00 bits per heavy atom. The van der Waals surface area contributed by atoms with Gasteiger partial charge in [-0.2, -0.15) is 0 Å². The van der Waals surface area contributed by atoms with Gasteiger partial charge >= 0.3 is 0 Å². The number of benzene rings is 1. The molecule has 76 valence electrons. The van der Waals surface area contributed by atoms with Crippen LogP contribution in [0.3, 0.4) is 0 Å². The number of hydrogen-bond acceptors (Lipinski definition) is 1. The molecule has 0 spiro atoms. The van der Waals surface area contributed by atoms with E-state index in [0.717, 1.165) is 5.02 Å². The average molecular weight is 210 g/mol. The Hall–Kier alpha value is -0.530. The number of rotatable bonds is 2. The summed E-state index contributed by atoms with van der Waals surface area (Å²) in [4.78, 5) is 0. The van der Waals surface area contributed by atoms with Crippen molar-refractivity contribution in [3.8, 4) is 0 Å². The van der Waals surface area contributed by atoms with Crippen LogP contribution < -0.4 is 5.73 Å². The molecule has 1 fully saturated rings. The zero-order chi connectivity index (χ0) is 10.1. The molecule has 1 aliphatic carbocycles. The molecule has 0 heterocycles. The normalized spacial score (nSPS) is 28.2. The van der Waals surface area contributed by atoms with Gasteiger partial charge in [0.05, 0.1) is 0 Å². The van der Waals surface area contributed by atoms with Crippen molar-refractivity contribution in [3.63, 3.8) is 0 Å². The Labute approximate surface area is 90.3 Å². The highest BCUT2D eigenvalue weighted by Crippen LogP contribution is 2.44. The van der Waals surface area contributed by atoms with Crippen LogP contribution in [-0.2, 0) is 0 Å². The summed E-state index contributed by atoms with van der Waals surface area (Å²) in [5.41, 5.74) is 7.14. The van der Waals surface area contributed by atoms with Gasteiger partial charge in [-0.25, -0.2) is 0 Å². The van der Waals surface area contributed by atoms with Gasteiger partial charge < -0.3 is 5.73 Å². The van der Waals surface area contributed by atoms with E-state index in [0.29, 0.717) is 17.9 Å². The smallest absolute Gasteiger partial charge is 0.0440 e. The third-order valence-electron chi connectivity index (χ3n) is 3.26. The van der Waals surface area contributed by atoms with Crippen molar-refractivity contribution in [3.05, 3.63) is 34.9 Å². The first-order valence-electron chi connectivity index (χ1n) is 5.18. The summed E-state index contributed by atoms with van der Waals surface area (Å²) in [5.74, 6) is 1.33. The van der Waals surface area contributed by atoms with E-state index in [1.165, 1.54) is 18.4 Å². The molecular formula is C12H16ClN. The van der Waals surface area contributed by atoms with Crippen molar-refractivity contribution < 1.29 is 0 Å². The largest absolute Gasteiger partial charge is 0.328 e. The van der Waals surface area contributed by atoms with Gasteiger partial charge in [0, 0.05) is 11.1 Å². The van der Waals surface area contributed by atoms with E-state index in [9.17, 15) is 0 Å². The number of hydrogen-bond donors (Lipinski definition) is 1. The average Bonchev–Trinajstić information content (AvgIpc) is 2.05. The van der Waals surface area contributed by atoms with Crippen LogP contribution in [0.25, 0.3) is 0 Å². The van der Waals surface area contributed by atoms with E-state index in [4.69, 9.17) is 17.3 Å². The second kappa shape index (κ2) is 3.92. The third-order valence-corrected chi connectivity index (χ3v) is 3.61. The predicted octanol–water partition coefficient (Wildman–Crippen LogP) is 3.18. The summed E-state index contributed by atoms with van der Waals surface area (Å²) in [7, 11) is 0. The monoisotopic (exact) mass is 209 g/mol. The van der Waals surface area contributed by atoms with E-state index < -0.39 is 0 Å². The number of halogens is 1. The van der Waals surface area contributed by atoms with Crippen LogP contribution in [0.15, 0.2) is 24.3 Å². The van der Waals surface area contributed by atoms with E-state index >= 15 is 0 Å². The topological polar surface area (TPSA) is 26.0 Å². The molecule has 14 heavy (non-hydrogen) atoms. The molecule has 1 atom stereocenters. The molecule has 1 aliphatic rings. The lowest BCUT2D eigenvalue weighted by atomic mass is 9.69. The quantitative estimate of drug-likeness (QED) is 0.796. The maximum absolute atomic E-state index is 6.13. The van der Waals surface area contributed by atoms with Crippen molar-refractivity contribution >= 4 is 11.6 Å². The van der Waals surface area contributed by atoms with Crippen LogP contribution in [0, 0.1) is 5.92 Å². The predicted molar refractivity (Wildman–Crippen MR) is 60.6 cm³/mol. The highest BCUT2D eigenvalue weighted by molar-refractivity contribution is 6.31. The zero-order valence-corrected chi connectivity index (χ0v) is 9.17. The van der Waals surface area contributed by atoms with Gasteiger partial charge in [-0.1, -0.05) is 29.8 Å². The molecule has 0 bridgehead atoms. The zero-order valence-electron chi connectivity index (χ0n) is 8.41. The summed E-state index contributed by atoms with van der Waals surface area (Å²) in [5, 5.41) is 0.903. The Morgan fingerprint density at radius 1 is 1.36 bits per heavy atom. The van der Waals surface area contributed by atoms with E-state index in [2.05, 4.69) is 19.1 Å². The molecule has 0 saturated heterocycles. The SMILES string of the molecule is CC(N)C1CC(c2ccccc2Cl)C1. The van der Waals surface area contributed by atoms with Crippen LogP contribution in [0.4, 0.5) is 0 Å². The second-order valence-corrected chi connectivity index (χ2v) is 4.72. The van der Waals surface area contributed by atoms with Crippen molar-refractivity contribution in [1.29, 1.82) is 0 Å². The molecule has 1 aromatic carbocycles. The summed E-state index contributed by atoms with van der Waals surface area (Å²) < 4.78 is 0. The molecule has 1 nitrogen and oxygen atoms in total. The van der Waals surface area contributed by atoms with Gasteiger partial charge in [0.15, 0.2) is 0 Å². The standard InChI is InChI=1S/C12H16ClN/c1-8(14)9-6-10(7-9)11-4-2-3-5-12(11)13/h2-5,8-10H,6-7,14H2,1H3. The fourth-order valence-corrected chi connectivity index (χ4v) is 2.44. The molecule has 2 N–H and O–H groups in total. The van der Waals surface area contributed by atoms with Crippen LogP contribution in [-0.4, -0.2) is 6.04 Å². The first-order chi connectivity index (χ1) is 6.68. The molecular weight excluding hydrogens is 194 g/mol. The van der Waals surface area contributed by atoms with E-state index in [1.807, 2.05) is 12.1 Å². The maximum atomic E-state index is 6.13. The molecule has 0 radical (unpaired) electrons.